The number of fused-ring (bicyclic) bond motifs is 1. The van der Waals surface area contributed by atoms with E-state index in [9.17, 15) is 13.2 Å². The molecule has 2 heterocycles. The van der Waals surface area contributed by atoms with Gasteiger partial charge in [0.2, 0.25) is 0 Å². The van der Waals surface area contributed by atoms with Crippen LogP contribution in [0.25, 0.3) is 16.8 Å². The van der Waals surface area contributed by atoms with Crippen LogP contribution in [0.3, 0.4) is 0 Å². The summed E-state index contributed by atoms with van der Waals surface area (Å²) >= 11 is 0. The minimum Gasteiger partial charge on any atom is -0.384 e. The fraction of sp³-hybridized carbons (Fsp3) is 0.0769. The Kier molecular flexibility index (Phi) is 2.63. The fourth-order valence-corrected chi connectivity index (χ4v) is 1.95. The highest BCUT2D eigenvalue weighted by Gasteiger charge is 2.30. The number of hydrogen-bond acceptors (Lipinski definition) is 3. The fourth-order valence-electron chi connectivity index (χ4n) is 1.95. The molecule has 0 saturated heterocycles. The van der Waals surface area contributed by atoms with E-state index in [4.69, 9.17) is 5.73 Å². The van der Waals surface area contributed by atoms with Gasteiger partial charge >= 0.3 is 6.18 Å². The lowest BCUT2D eigenvalue weighted by Gasteiger charge is -2.08. The number of halogens is 3. The predicted octanol–water partition coefficient (Wildman–Crippen LogP) is 3.00. The van der Waals surface area contributed by atoms with E-state index in [0.717, 1.165) is 12.1 Å². The van der Waals surface area contributed by atoms with Crippen LogP contribution in [0, 0.1) is 0 Å². The molecule has 0 aliphatic carbocycles. The van der Waals surface area contributed by atoms with E-state index < -0.39 is 11.7 Å². The van der Waals surface area contributed by atoms with Crippen molar-refractivity contribution in [1.29, 1.82) is 0 Å². The first-order chi connectivity index (χ1) is 9.45. The molecular weight excluding hydrogens is 269 g/mol. The SMILES string of the molecule is Nc1ccn2ncc(-c3cccc(C(F)(F)F)c3)c2n1. The highest BCUT2D eigenvalue weighted by atomic mass is 19.4. The average molecular weight is 278 g/mol. The van der Waals surface area contributed by atoms with Crippen LogP contribution in [0.4, 0.5) is 19.0 Å². The van der Waals surface area contributed by atoms with E-state index in [-0.39, 0.29) is 5.82 Å². The van der Waals surface area contributed by atoms with Crippen molar-refractivity contribution in [2.24, 2.45) is 0 Å². The molecule has 0 atom stereocenters. The molecule has 0 bridgehead atoms. The van der Waals surface area contributed by atoms with Crippen molar-refractivity contribution >= 4 is 11.5 Å². The maximum atomic E-state index is 12.7. The lowest BCUT2D eigenvalue weighted by Crippen LogP contribution is -2.04. The summed E-state index contributed by atoms with van der Waals surface area (Å²) < 4.78 is 39.7. The molecule has 3 rings (SSSR count). The zero-order chi connectivity index (χ0) is 14.3. The van der Waals surface area contributed by atoms with E-state index in [1.54, 1.807) is 18.3 Å². The van der Waals surface area contributed by atoms with Gasteiger partial charge in [0.25, 0.3) is 0 Å². The quantitative estimate of drug-likeness (QED) is 0.744. The van der Waals surface area contributed by atoms with Crippen molar-refractivity contribution in [3.8, 4) is 11.1 Å². The third-order valence-corrected chi connectivity index (χ3v) is 2.89. The largest absolute Gasteiger partial charge is 0.416 e. The topological polar surface area (TPSA) is 56.2 Å². The zero-order valence-corrected chi connectivity index (χ0v) is 10.1. The van der Waals surface area contributed by atoms with Crippen molar-refractivity contribution in [2.75, 3.05) is 5.73 Å². The van der Waals surface area contributed by atoms with Gasteiger partial charge in [-0.25, -0.2) is 9.50 Å². The van der Waals surface area contributed by atoms with Gasteiger partial charge in [0.1, 0.15) is 5.82 Å². The number of hydrogen-bond donors (Lipinski definition) is 1. The summed E-state index contributed by atoms with van der Waals surface area (Å²) in [7, 11) is 0. The average Bonchev–Trinajstić information content (AvgIpc) is 2.81. The molecule has 0 amide bonds. The Hall–Kier alpha value is -2.57. The van der Waals surface area contributed by atoms with E-state index >= 15 is 0 Å². The Labute approximate surface area is 111 Å². The van der Waals surface area contributed by atoms with Gasteiger partial charge in [0, 0.05) is 11.8 Å². The van der Waals surface area contributed by atoms with Crippen molar-refractivity contribution < 1.29 is 13.2 Å². The van der Waals surface area contributed by atoms with Gasteiger partial charge in [-0.15, -0.1) is 0 Å². The summed E-state index contributed by atoms with van der Waals surface area (Å²) in [5, 5.41) is 4.05. The standard InChI is InChI=1S/C13H9F3N4/c14-13(15,16)9-3-1-2-8(6-9)10-7-18-20-5-4-11(17)19-12(10)20/h1-7H,(H2,17,19). The van der Waals surface area contributed by atoms with Gasteiger partial charge in [0.05, 0.1) is 11.8 Å². The van der Waals surface area contributed by atoms with Crippen molar-refractivity contribution in [2.45, 2.75) is 6.18 Å². The molecular formula is C13H9F3N4. The van der Waals surface area contributed by atoms with Crippen LogP contribution in [0.15, 0.2) is 42.7 Å². The summed E-state index contributed by atoms with van der Waals surface area (Å²) in [6, 6.07) is 6.60. The van der Waals surface area contributed by atoms with Gasteiger partial charge in [-0.3, -0.25) is 0 Å². The summed E-state index contributed by atoms with van der Waals surface area (Å²) in [4.78, 5) is 4.10. The number of nitrogen functional groups attached to an aromatic ring is 1. The summed E-state index contributed by atoms with van der Waals surface area (Å²) in [6.07, 6.45) is -1.31. The van der Waals surface area contributed by atoms with E-state index in [2.05, 4.69) is 10.1 Å². The molecule has 3 aromatic rings. The Balaban J connectivity index is 2.18. The lowest BCUT2D eigenvalue weighted by molar-refractivity contribution is -0.137. The molecule has 0 radical (unpaired) electrons. The highest BCUT2D eigenvalue weighted by molar-refractivity contribution is 5.77. The van der Waals surface area contributed by atoms with Crippen LogP contribution >= 0.6 is 0 Å². The third kappa shape index (κ3) is 2.07. The Morgan fingerprint density at radius 1 is 1.15 bits per heavy atom. The molecule has 1 aromatic carbocycles. The van der Waals surface area contributed by atoms with Crippen molar-refractivity contribution in [1.82, 2.24) is 14.6 Å². The number of anilines is 1. The Bertz CT molecular complexity index is 777. The Morgan fingerprint density at radius 2 is 1.95 bits per heavy atom. The maximum Gasteiger partial charge on any atom is 0.416 e. The predicted molar refractivity (Wildman–Crippen MR) is 67.8 cm³/mol. The van der Waals surface area contributed by atoms with Crippen molar-refractivity contribution in [3.05, 3.63) is 48.3 Å². The number of alkyl halides is 3. The molecule has 0 aliphatic rings. The van der Waals surface area contributed by atoms with Gasteiger partial charge < -0.3 is 5.73 Å². The highest BCUT2D eigenvalue weighted by Crippen LogP contribution is 2.33. The second-order valence-electron chi connectivity index (χ2n) is 4.26. The molecule has 2 aromatic heterocycles. The van der Waals surface area contributed by atoms with Gasteiger partial charge in [0.15, 0.2) is 5.65 Å². The van der Waals surface area contributed by atoms with Crippen LogP contribution in [0.5, 0.6) is 0 Å². The molecule has 0 aliphatic heterocycles. The molecule has 2 N–H and O–H groups in total. The molecule has 0 spiro atoms. The maximum absolute atomic E-state index is 12.7. The van der Waals surface area contributed by atoms with Gasteiger partial charge in [-0.1, -0.05) is 12.1 Å². The third-order valence-electron chi connectivity index (χ3n) is 2.89. The summed E-state index contributed by atoms with van der Waals surface area (Å²) in [5.41, 5.74) is 6.21. The first-order valence-corrected chi connectivity index (χ1v) is 5.72. The smallest absolute Gasteiger partial charge is 0.384 e. The molecule has 4 nitrogen and oxygen atoms in total. The zero-order valence-electron chi connectivity index (χ0n) is 10.1. The normalized spacial score (nSPS) is 11.9. The second kappa shape index (κ2) is 4.22. The molecule has 0 saturated carbocycles. The molecule has 20 heavy (non-hydrogen) atoms. The first kappa shape index (κ1) is 12.5. The second-order valence-corrected chi connectivity index (χ2v) is 4.26. The minimum atomic E-state index is -4.38. The number of nitrogens with two attached hydrogens (primary N) is 1. The van der Waals surface area contributed by atoms with E-state index in [1.807, 2.05) is 0 Å². The number of benzene rings is 1. The van der Waals surface area contributed by atoms with Crippen LogP contribution in [0.1, 0.15) is 5.56 Å². The summed E-state index contributed by atoms with van der Waals surface area (Å²) in [6.45, 7) is 0. The van der Waals surface area contributed by atoms with Crippen molar-refractivity contribution in [3.63, 3.8) is 0 Å². The number of nitrogens with zero attached hydrogens (tertiary/aromatic N) is 3. The number of aromatic nitrogens is 3. The van der Waals surface area contributed by atoms with E-state index in [1.165, 1.54) is 16.8 Å². The van der Waals surface area contributed by atoms with Crippen LogP contribution in [-0.4, -0.2) is 14.6 Å². The lowest BCUT2D eigenvalue weighted by atomic mass is 10.1. The molecule has 102 valence electrons. The molecule has 0 fully saturated rings. The van der Waals surface area contributed by atoms with Gasteiger partial charge in [-0.05, 0) is 23.8 Å². The number of rotatable bonds is 1. The van der Waals surface area contributed by atoms with Crippen LogP contribution < -0.4 is 5.73 Å². The Morgan fingerprint density at radius 3 is 2.70 bits per heavy atom. The van der Waals surface area contributed by atoms with Gasteiger partial charge in [-0.2, -0.15) is 18.3 Å². The minimum absolute atomic E-state index is 0.284. The monoisotopic (exact) mass is 278 g/mol. The van der Waals surface area contributed by atoms with Crippen LogP contribution in [-0.2, 0) is 6.18 Å². The van der Waals surface area contributed by atoms with Crippen LogP contribution in [0.2, 0.25) is 0 Å². The molecule has 0 unspecified atom stereocenters. The molecule has 7 heteroatoms. The summed E-state index contributed by atoms with van der Waals surface area (Å²) in [5.74, 6) is 0.284. The van der Waals surface area contributed by atoms with E-state index in [0.29, 0.717) is 16.8 Å². The first-order valence-electron chi connectivity index (χ1n) is 5.72.